The highest BCUT2D eigenvalue weighted by atomic mass is 16.5. The Bertz CT molecular complexity index is 141. The minimum absolute atomic E-state index is 0.0359. The van der Waals surface area contributed by atoms with Crippen molar-refractivity contribution in [3.63, 3.8) is 0 Å². The monoisotopic (exact) mass is 188 g/mol. The van der Waals surface area contributed by atoms with Crippen LogP contribution in [-0.4, -0.2) is 30.2 Å². The van der Waals surface area contributed by atoms with Gasteiger partial charge in [0.2, 0.25) is 0 Å². The van der Waals surface area contributed by atoms with Gasteiger partial charge in [0.05, 0.1) is 0 Å². The molecule has 0 saturated carbocycles. The fraction of sp³-hybridized carbons (Fsp3) is 0.900. The maximum atomic E-state index is 11.3. The Balaban J connectivity index is 3.91. The third kappa shape index (κ3) is 4.39. The van der Waals surface area contributed by atoms with Crippen molar-refractivity contribution < 1.29 is 14.6 Å². The maximum Gasteiger partial charge on any atom is 0.187 e. The minimum Gasteiger partial charge on any atom is -0.385 e. The first-order chi connectivity index (χ1) is 6.17. The quantitative estimate of drug-likeness (QED) is 0.656. The lowest BCUT2D eigenvalue weighted by Crippen LogP contribution is -2.32. The van der Waals surface area contributed by atoms with Crippen molar-refractivity contribution in [3.8, 4) is 0 Å². The molecule has 0 amide bonds. The van der Waals surface area contributed by atoms with E-state index in [0.717, 1.165) is 12.8 Å². The number of carbonyl (C=O) groups excluding carboxylic acids is 1. The van der Waals surface area contributed by atoms with E-state index in [0.29, 0.717) is 6.61 Å². The number of Topliss-reactive ketones (excluding diaryl/α,β-unsaturated/α-hetero) is 1. The summed E-state index contributed by atoms with van der Waals surface area (Å²) in [5.41, 5.74) is 0. The van der Waals surface area contributed by atoms with E-state index in [1.54, 1.807) is 0 Å². The minimum atomic E-state index is -0.846. The molecule has 0 spiro atoms. The van der Waals surface area contributed by atoms with Gasteiger partial charge in [-0.25, -0.2) is 0 Å². The summed E-state index contributed by atoms with van der Waals surface area (Å²) in [6, 6.07) is 0. The van der Waals surface area contributed by atoms with Crippen molar-refractivity contribution in [3.05, 3.63) is 0 Å². The van der Waals surface area contributed by atoms with Crippen LogP contribution in [0.1, 0.15) is 33.6 Å². The largest absolute Gasteiger partial charge is 0.385 e. The van der Waals surface area contributed by atoms with Crippen LogP contribution in [0.4, 0.5) is 0 Å². The predicted molar refractivity (Wildman–Crippen MR) is 51.6 cm³/mol. The molecule has 0 aromatic carbocycles. The van der Waals surface area contributed by atoms with Gasteiger partial charge in [-0.2, -0.15) is 0 Å². The number of hydrogen-bond donors (Lipinski definition) is 1. The highest BCUT2D eigenvalue weighted by Gasteiger charge is 2.22. The molecule has 0 rings (SSSR count). The molecule has 0 aliphatic carbocycles. The van der Waals surface area contributed by atoms with E-state index in [4.69, 9.17) is 4.74 Å². The van der Waals surface area contributed by atoms with E-state index in [9.17, 15) is 9.90 Å². The molecule has 0 aromatic heterocycles. The summed E-state index contributed by atoms with van der Waals surface area (Å²) >= 11 is 0. The van der Waals surface area contributed by atoms with Crippen LogP contribution in [-0.2, 0) is 9.53 Å². The van der Waals surface area contributed by atoms with Crippen LogP contribution < -0.4 is 0 Å². The van der Waals surface area contributed by atoms with Gasteiger partial charge in [-0.1, -0.05) is 26.7 Å². The summed E-state index contributed by atoms with van der Waals surface area (Å²) in [7, 11) is 0. The van der Waals surface area contributed by atoms with Crippen molar-refractivity contribution in [2.75, 3.05) is 13.2 Å². The van der Waals surface area contributed by atoms with Crippen LogP contribution in [0.25, 0.3) is 0 Å². The number of ether oxygens (including phenoxy) is 1. The lowest BCUT2D eigenvalue weighted by molar-refractivity contribution is -0.134. The van der Waals surface area contributed by atoms with Crippen molar-refractivity contribution in [1.29, 1.82) is 0 Å². The molecule has 1 N–H and O–H groups in total. The Kier molecular flexibility index (Phi) is 6.82. The Labute approximate surface area is 80.1 Å². The summed E-state index contributed by atoms with van der Waals surface area (Å²) in [5.74, 6) is -0.122. The first-order valence-electron chi connectivity index (χ1n) is 4.95. The second kappa shape index (κ2) is 7.04. The molecule has 0 radical (unpaired) electrons. The molecular weight excluding hydrogens is 168 g/mol. The molecule has 0 aromatic rings. The Morgan fingerprint density at radius 3 is 2.23 bits per heavy atom. The normalized spacial score (nSPS) is 13.3. The zero-order chi connectivity index (χ0) is 10.3. The second-order valence-electron chi connectivity index (χ2n) is 3.12. The molecule has 13 heavy (non-hydrogen) atoms. The predicted octanol–water partition coefficient (Wildman–Crippen LogP) is 1.39. The molecule has 78 valence electrons. The molecule has 0 saturated heterocycles. The molecule has 1 atom stereocenters. The third-order valence-corrected chi connectivity index (χ3v) is 2.27. The van der Waals surface area contributed by atoms with Gasteiger partial charge in [0.1, 0.15) is 12.7 Å². The molecule has 0 bridgehead atoms. The van der Waals surface area contributed by atoms with Crippen LogP contribution >= 0.6 is 0 Å². The first-order valence-corrected chi connectivity index (χ1v) is 4.95. The Morgan fingerprint density at radius 1 is 1.31 bits per heavy atom. The molecule has 0 fully saturated rings. The number of rotatable bonds is 7. The van der Waals surface area contributed by atoms with Gasteiger partial charge in [-0.3, -0.25) is 4.79 Å². The zero-order valence-corrected chi connectivity index (χ0v) is 8.75. The van der Waals surface area contributed by atoms with Gasteiger partial charge in [-0.05, 0) is 12.8 Å². The first kappa shape index (κ1) is 12.6. The van der Waals surface area contributed by atoms with Gasteiger partial charge in [0, 0.05) is 6.61 Å². The number of aliphatic hydroxyl groups is 1. The summed E-state index contributed by atoms with van der Waals surface area (Å²) in [6.45, 7) is 6.34. The smallest absolute Gasteiger partial charge is 0.187 e. The van der Waals surface area contributed by atoms with Crippen LogP contribution in [0.15, 0.2) is 0 Å². The van der Waals surface area contributed by atoms with E-state index in [2.05, 4.69) is 0 Å². The van der Waals surface area contributed by atoms with Gasteiger partial charge >= 0.3 is 0 Å². The van der Waals surface area contributed by atoms with Crippen LogP contribution in [0.5, 0.6) is 0 Å². The van der Waals surface area contributed by atoms with E-state index < -0.39 is 6.10 Å². The summed E-state index contributed by atoms with van der Waals surface area (Å²) < 4.78 is 4.95. The van der Waals surface area contributed by atoms with Gasteiger partial charge in [-0.15, -0.1) is 0 Å². The van der Waals surface area contributed by atoms with E-state index in [-0.39, 0.29) is 18.3 Å². The lowest BCUT2D eigenvalue weighted by Gasteiger charge is -2.18. The van der Waals surface area contributed by atoms with Gasteiger partial charge < -0.3 is 9.84 Å². The molecule has 0 aliphatic rings. The molecule has 3 nitrogen and oxygen atoms in total. The highest BCUT2D eigenvalue weighted by molar-refractivity contribution is 5.84. The van der Waals surface area contributed by atoms with Crippen LogP contribution in [0, 0.1) is 5.92 Å². The fourth-order valence-corrected chi connectivity index (χ4v) is 1.29. The number of carbonyl (C=O) groups is 1. The van der Waals surface area contributed by atoms with E-state index in [1.807, 2.05) is 20.8 Å². The van der Waals surface area contributed by atoms with Crippen molar-refractivity contribution in [1.82, 2.24) is 0 Å². The lowest BCUT2D eigenvalue weighted by atomic mass is 9.94. The third-order valence-electron chi connectivity index (χ3n) is 2.27. The Morgan fingerprint density at radius 2 is 1.85 bits per heavy atom. The van der Waals surface area contributed by atoms with E-state index >= 15 is 0 Å². The van der Waals surface area contributed by atoms with Crippen molar-refractivity contribution >= 4 is 5.78 Å². The second-order valence-corrected chi connectivity index (χ2v) is 3.12. The fourth-order valence-electron chi connectivity index (χ4n) is 1.29. The van der Waals surface area contributed by atoms with Gasteiger partial charge in [0.15, 0.2) is 5.78 Å². The summed E-state index contributed by atoms with van der Waals surface area (Å²) in [5, 5.41) is 9.57. The molecular formula is C10H20O3. The topological polar surface area (TPSA) is 46.5 Å². The number of ketones is 1. The van der Waals surface area contributed by atoms with E-state index in [1.165, 1.54) is 0 Å². The summed E-state index contributed by atoms with van der Waals surface area (Å²) in [4.78, 5) is 11.3. The Hall–Kier alpha value is -0.410. The summed E-state index contributed by atoms with van der Waals surface area (Å²) in [6.07, 6.45) is 0.812. The molecule has 0 heterocycles. The average molecular weight is 188 g/mol. The molecule has 3 heteroatoms. The standard InChI is InChI=1S/C10H20O3/c1-4-8(5-2)10(12)9(11)7-13-6-3/h8,10,12H,4-7H2,1-3H3. The molecule has 0 aliphatic heterocycles. The average Bonchev–Trinajstić information content (AvgIpc) is 2.15. The van der Waals surface area contributed by atoms with Crippen molar-refractivity contribution in [2.24, 2.45) is 5.92 Å². The molecule has 1 unspecified atom stereocenters. The SMILES string of the molecule is CCOCC(=O)C(O)C(CC)CC. The highest BCUT2D eigenvalue weighted by Crippen LogP contribution is 2.13. The number of hydrogen-bond acceptors (Lipinski definition) is 3. The van der Waals surface area contributed by atoms with Crippen LogP contribution in [0.2, 0.25) is 0 Å². The van der Waals surface area contributed by atoms with Crippen molar-refractivity contribution in [2.45, 2.75) is 39.7 Å². The maximum absolute atomic E-state index is 11.3. The van der Waals surface area contributed by atoms with Gasteiger partial charge in [0.25, 0.3) is 0 Å². The zero-order valence-electron chi connectivity index (χ0n) is 8.75. The van der Waals surface area contributed by atoms with Crippen LogP contribution in [0.3, 0.4) is 0 Å². The number of aliphatic hydroxyl groups excluding tert-OH is 1.